The molecule has 1 aromatic rings. The normalized spacial score (nSPS) is 28.9. The largest absolute Gasteiger partial charge is 0.481 e. The Morgan fingerprint density at radius 1 is 1.60 bits per heavy atom. The number of nitrogens with zero attached hydrogens (tertiary/aromatic N) is 1. The quantitative estimate of drug-likeness (QED) is 0.816. The molecule has 3 nitrogen and oxygen atoms in total. The van der Waals surface area contributed by atoms with Gasteiger partial charge in [-0.3, -0.25) is 0 Å². The minimum atomic E-state index is 0.0328. The molecule has 0 aliphatic heterocycles. The zero-order valence-corrected chi connectivity index (χ0v) is 9.36. The Morgan fingerprint density at radius 3 is 2.87 bits per heavy atom. The lowest BCUT2D eigenvalue weighted by molar-refractivity contribution is 0.397. The highest BCUT2D eigenvalue weighted by Gasteiger charge is 2.49. The molecule has 2 atom stereocenters. The monoisotopic (exact) mass is 206 g/mol. The Bertz CT molecular complexity index is 336. The lowest BCUT2D eigenvalue weighted by Gasteiger charge is -2.10. The molecule has 0 radical (unpaired) electrons. The second-order valence-corrected chi connectivity index (χ2v) is 4.43. The van der Waals surface area contributed by atoms with Crippen LogP contribution < -0.4 is 10.5 Å². The number of pyridine rings is 1. The van der Waals surface area contributed by atoms with Gasteiger partial charge in [0.05, 0.1) is 7.11 Å². The predicted molar refractivity (Wildman–Crippen MR) is 59.8 cm³/mol. The van der Waals surface area contributed by atoms with E-state index in [2.05, 4.69) is 11.9 Å². The van der Waals surface area contributed by atoms with Gasteiger partial charge in [-0.2, -0.15) is 0 Å². The van der Waals surface area contributed by atoms with Crippen molar-refractivity contribution in [1.82, 2.24) is 4.98 Å². The molecule has 2 N–H and O–H groups in total. The summed E-state index contributed by atoms with van der Waals surface area (Å²) < 4.78 is 5.01. The first kappa shape index (κ1) is 10.4. The maximum Gasteiger partial charge on any atom is 0.212 e. The van der Waals surface area contributed by atoms with Crippen molar-refractivity contribution in [2.45, 2.75) is 31.7 Å². The Labute approximate surface area is 90.7 Å². The number of hydrogen-bond acceptors (Lipinski definition) is 3. The SMILES string of the molecule is CCC1CC1(N)Cc1ccc(OC)nc1. The van der Waals surface area contributed by atoms with Crippen LogP contribution in [0.3, 0.4) is 0 Å². The van der Waals surface area contributed by atoms with E-state index >= 15 is 0 Å². The van der Waals surface area contributed by atoms with Crippen molar-refractivity contribution < 1.29 is 4.74 Å². The van der Waals surface area contributed by atoms with Gasteiger partial charge in [-0.1, -0.05) is 19.4 Å². The van der Waals surface area contributed by atoms with Gasteiger partial charge in [0.25, 0.3) is 0 Å². The molecule has 2 rings (SSSR count). The van der Waals surface area contributed by atoms with Gasteiger partial charge in [0.2, 0.25) is 5.88 Å². The molecule has 1 aliphatic rings. The van der Waals surface area contributed by atoms with E-state index in [4.69, 9.17) is 10.5 Å². The van der Waals surface area contributed by atoms with E-state index in [1.165, 1.54) is 12.0 Å². The van der Waals surface area contributed by atoms with E-state index in [0.717, 1.165) is 12.8 Å². The third kappa shape index (κ3) is 2.12. The summed E-state index contributed by atoms with van der Waals surface area (Å²) in [6.07, 6.45) is 5.12. The van der Waals surface area contributed by atoms with Gasteiger partial charge in [-0.15, -0.1) is 0 Å². The second-order valence-electron chi connectivity index (χ2n) is 4.43. The maximum atomic E-state index is 6.24. The zero-order valence-electron chi connectivity index (χ0n) is 9.36. The fraction of sp³-hybridized carbons (Fsp3) is 0.583. The van der Waals surface area contributed by atoms with Gasteiger partial charge in [-0.05, 0) is 24.3 Å². The summed E-state index contributed by atoms with van der Waals surface area (Å²) in [5, 5.41) is 0. The summed E-state index contributed by atoms with van der Waals surface area (Å²) >= 11 is 0. The van der Waals surface area contributed by atoms with Crippen molar-refractivity contribution in [3.05, 3.63) is 23.9 Å². The number of ether oxygens (including phenoxy) is 1. The third-order valence-electron chi connectivity index (χ3n) is 3.31. The number of hydrogen-bond donors (Lipinski definition) is 1. The van der Waals surface area contributed by atoms with Gasteiger partial charge in [-0.25, -0.2) is 4.98 Å². The fourth-order valence-electron chi connectivity index (χ4n) is 2.18. The number of rotatable bonds is 4. The summed E-state index contributed by atoms with van der Waals surface area (Å²) in [6.45, 7) is 2.20. The van der Waals surface area contributed by atoms with Crippen LogP contribution in [0, 0.1) is 5.92 Å². The van der Waals surface area contributed by atoms with E-state index in [1.54, 1.807) is 7.11 Å². The van der Waals surface area contributed by atoms with Gasteiger partial charge in [0.1, 0.15) is 0 Å². The molecular weight excluding hydrogens is 188 g/mol. The molecule has 1 aliphatic carbocycles. The van der Waals surface area contributed by atoms with Crippen molar-refractivity contribution in [3.8, 4) is 5.88 Å². The molecule has 1 saturated carbocycles. The molecule has 0 aromatic carbocycles. The molecule has 0 amide bonds. The molecule has 0 bridgehead atoms. The minimum Gasteiger partial charge on any atom is -0.481 e. The highest BCUT2D eigenvalue weighted by Crippen LogP contribution is 2.45. The fourth-order valence-corrected chi connectivity index (χ4v) is 2.18. The number of aromatic nitrogens is 1. The molecular formula is C12H18N2O. The van der Waals surface area contributed by atoms with Crippen LogP contribution in [-0.4, -0.2) is 17.6 Å². The van der Waals surface area contributed by atoms with E-state index in [-0.39, 0.29) is 5.54 Å². The molecule has 3 heteroatoms. The molecule has 1 fully saturated rings. The van der Waals surface area contributed by atoms with E-state index in [1.807, 2.05) is 18.3 Å². The average Bonchev–Trinajstić information content (AvgIpc) is 2.90. The molecule has 2 unspecified atom stereocenters. The smallest absolute Gasteiger partial charge is 0.212 e. The van der Waals surface area contributed by atoms with Crippen LogP contribution in [0.5, 0.6) is 5.88 Å². The van der Waals surface area contributed by atoms with Crippen LogP contribution in [-0.2, 0) is 6.42 Å². The van der Waals surface area contributed by atoms with E-state index in [9.17, 15) is 0 Å². The lowest BCUT2D eigenvalue weighted by Crippen LogP contribution is -2.27. The van der Waals surface area contributed by atoms with Crippen molar-refractivity contribution >= 4 is 0 Å². The molecule has 0 spiro atoms. The highest BCUT2D eigenvalue weighted by molar-refractivity contribution is 5.23. The van der Waals surface area contributed by atoms with Crippen LogP contribution in [0.4, 0.5) is 0 Å². The molecule has 1 aromatic heterocycles. The minimum absolute atomic E-state index is 0.0328. The first-order valence-electron chi connectivity index (χ1n) is 5.46. The molecule has 1 heterocycles. The molecule has 15 heavy (non-hydrogen) atoms. The van der Waals surface area contributed by atoms with E-state index in [0.29, 0.717) is 11.8 Å². The maximum absolute atomic E-state index is 6.24. The summed E-state index contributed by atoms with van der Waals surface area (Å²) in [5.41, 5.74) is 7.48. The Morgan fingerprint density at radius 2 is 2.40 bits per heavy atom. The van der Waals surface area contributed by atoms with Crippen molar-refractivity contribution in [1.29, 1.82) is 0 Å². The Kier molecular flexibility index (Phi) is 2.65. The van der Waals surface area contributed by atoms with Crippen LogP contribution in [0.25, 0.3) is 0 Å². The first-order valence-corrected chi connectivity index (χ1v) is 5.46. The van der Waals surface area contributed by atoms with Crippen LogP contribution in [0.1, 0.15) is 25.3 Å². The van der Waals surface area contributed by atoms with Gasteiger partial charge in [0, 0.05) is 17.8 Å². The Hall–Kier alpha value is -1.09. The first-order chi connectivity index (χ1) is 7.18. The van der Waals surface area contributed by atoms with Crippen LogP contribution >= 0.6 is 0 Å². The van der Waals surface area contributed by atoms with Gasteiger partial charge >= 0.3 is 0 Å². The van der Waals surface area contributed by atoms with Crippen LogP contribution in [0.2, 0.25) is 0 Å². The molecule has 82 valence electrons. The summed E-state index contributed by atoms with van der Waals surface area (Å²) in [6, 6.07) is 3.94. The van der Waals surface area contributed by atoms with Gasteiger partial charge in [0.15, 0.2) is 0 Å². The third-order valence-corrected chi connectivity index (χ3v) is 3.31. The van der Waals surface area contributed by atoms with Crippen LogP contribution in [0.15, 0.2) is 18.3 Å². The number of nitrogens with two attached hydrogens (primary N) is 1. The summed E-state index contributed by atoms with van der Waals surface area (Å²) in [5.74, 6) is 1.35. The average molecular weight is 206 g/mol. The van der Waals surface area contributed by atoms with Crippen molar-refractivity contribution in [2.24, 2.45) is 11.7 Å². The Balaban J connectivity index is 2.00. The van der Waals surface area contributed by atoms with Crippen molar-refractivity contribution in [3.63, 3.8) is 0 Å². The van der Waals surface area contributed by atoms with Crippen molar-refractivity contribution in [2.75, 3.05) is 7.11 Å². The second kappa shape index (κ2) is 3.81. The summed E-state index contributed by atoms with van der Waals surface area (Å²) in [7, 11) is 1.63. The van der Waals surface area contributed by atoms with Gasteiger partial charge < -0.3 is 10.5 Å². The standard InChI is InChI=1S/C12H18N2O/c1-3-10-7-12(10,13)6-9-4-5-11(15-2)14-8-9/h4-5,8,10H,3,6-7,13H2,1-2H3. The molecule has 0 saturated heterocycles. The highest BCUT2D eigenvalue weighted by atomic mass is 16.5. The number of methoxy groups -OCH3 is 1. The predicted octanol–water partition coefficient (Wildman–Crippen LogP) is 1.76. The lowest BCUT2D eigenvalue weighted by atomic mass is 10.0. The zero-order chi connectivity index (χ0) is 10.9. The summed E-state index contributed by atoms with van der Waals surface area (Å²) in [4.78, 5) is 4.18. The topological polar surface area (TPSA) is 48.1 Å². The van der Waals surface area contributed by atoms with E-state index < -0.39 is 0 Å².